The van der Waals surface area contributed by atoms with Crippen LogP contribution in [-0.2, 0) is 19.1 Å². The van der Waals surface area contributed by atoms with Gasteiger partial charge in [-0.25, -0.2) is 4.79 Å². The molecule has 1 saturated heterocycles. The summed E-state index contributed by atoms with van der Waals surface area (Å²) in [5, 5.41) is 0. The quantitative estimate of drug-likeness (QED) is 0.744. The van der Waals surface area contributed by atoms with Gasteiger partial charge in [-0.2, -0.15) is 0 Å². The van der Waals surface area contributed by atoms with Crippen LogP contribution < -0.4 is 10.5 Å². The molecule has 1 aromatic carbocycles. The average Bonchev–Trinajstić information content (AvgIpc) is 2.64. The molecule has 1 aliphatic heterocycles. The smallest absolute Gasteiger partial charge is 0.347 e. The van der Waals surface area contributed by atoms with Crippen LogP contribution in [-0.4, -0.2) is 48.5 Å². The van der Waals surface area contributed by atoms with Gasteiger partial charge in [0, 0.05) is 19.0 Å². The van der Waals surface area contributed by atoms with Gasteiger partial charge in [-0.3, -0.25) is 9.59 Å². The molecule has 25 heavy (non-hydrogen) atoms. The minimum absolute atomic E-state index is 0.185. The Morgan fingerprint density at radius 1 is 1.20 bits per heavy atom. The number of esters is 1. The van der Waals surface area contributed by atoms with Crippen LogP contribution in [0, 0.1) is 5.92 Å². The van der Waals surface area contributed by atoms with Crippen molar-refractivity contribution in [3.8, 4) is 5.75 Å². The van der Waals surface area contributed by atoms with E-state index in [0.717, 1.165) is 0 Å². The Labute approximate surface area is 147 Å². The molecule has 0 aliphatic carbocycles. The minimum Gasteiger partial charge on any atom is -0.479 e. The highest BCUT2D eigenvalue weighted by Gasteiger charge is 2.27. The van der Waals surface area contributed by atoms with E-state index in [2.05, 4.69) is 0 Å². The third kappa shape index (κ3) is 5.48. The van der Waals surface area contributed by atoms with E-state index in [1.807, 2.05) is 25.1 Å². The molecule has 1 aliphatic rings. The van der Waals surface area contributed by atoms with Crippen molar-refractivity contribution in [1.29, 1.82) is 0 Å². The number of nitrogens with zero attached hydrogens (tertiary/aromatic N) is 1. The van der Waals surface area contributed by atoms with Gasteiger partial charge in [0.15, 0.2) is 12.7 Å². The topological polar surface area (TPSA) is 98.9 Å². The van der Waals surface area contributed by atoms with Gasteiger partial charge in [0.2, 0.25) is 5.91 Å². The van der Waals surface area contributed by atoms with Gasteiger partial charge >= 0.3 is 5.97 Å². The molecule has 0 aromatic heterocycles. The molecule has 2 amide bonds. The summed E-state index contributed by atoms with van der Waals surface area (Å²) in [6.45, 7) is 2.38. The number of carbonyl (C=O) groups is 3. The highest BCUT2D eigenvalue weighted by molar-refractivity contribution is 5.82. The summed E-state index contributed by atoms with van der Waals surface area (Å²) in [5.74, 6) is -0.776. The molecule has 0 radical (unpaired) electrons. The number of nitrogens with two attached hydrogens (primary N) is 1. The number of carbonyl (C=O) groups excluding carboxylic acids is 3. The van der Waals surface area contributed by atoms with Gasteiger partial charge in [-0.1, -0.05) is 25.1 Å². The van der Waals surface area contributed by atoms with E-state index in [4.69, 9.17) is 15.2 Å². The fourth-order valence-electron chi connectivity index (χ4n) is 2.69. The van der Waals surface area contributed by atoms with Gasteiger partial charge in [0.1, 0.15) is 5.75 Å². The van der Waals surface area contributed by atoms with E-state index in [0.29, 0.717) is 38.1 Å². The van der Waals surface area contributed by atoms with E-state index in [1.165, 1.54) is 0 Å². The Bertz CT molecular complexity index is 597. The van der Waals surface area contributed by atoms with E-state index < -0.39 is 12.1 Å². The first-order valence-electron chi connectivity index (χ1n) is 8.46. The van der Waals surface area contributed by atoms with E-state index >= 15 is 0 Å². The lowest BCUT2D eigenvalue weighted by Crippen LogP contribution is -2.43. The summed E-state index contributed by atoms with van der Waals surface area (Å²) >= 11 is 0. The maximum Gasteiger partial charge on any atom is 0.347 e. The maximum atomic E-state index is 12.1. The Hall–Kier alpha value is -2.57. The number of piperidine rings is 1. The Kier molecular flexibility index (Phi) is 6.80. The summed E-state index contributed by atoms with van der Waals surface area (Å²) in [5.41, 5.74) is 5.27. The molecule has 1 fully saturated rings. The number of hydrogen-bond donors (Lipinski definition) is 1. The van der Waals surface area contributed by atoms with Crippen molar-refractivity contribution < 1.29 is 23.9 Å². The third-order valence-corrected chi connectivity index (χ3v) is 4.24. The second-order valence-electron chi connectivity index (χ2n) is 5.99. The van der Waals surface area contributed by atoms with Crippen LogP contribution in [0.5, 0.6) is 5.75 Å². The van der Waals surface area contributed by atoms with Gasteiger partial charge < -0.3 is 20.1 Å². The molecule has 0 unspecified atom stereocenters. The number of para-hydroxylation sites is 1. The number of primary amides is 1. The Morgan fingerprint density at radius 3 is 2.40 bits per heavy atom. The number of likely N-dealkylation sites (tertiary alicyclic amines) is 1. The van der Waals surface area contributed by atoms with Gasteiger partial charge in [-0.05, 0) is 31.4 Å². The van der Waals surface area contributed by atoms with Crippen molar-refractivity contribution in [2.24, 2.45) is 11.7 Å². The van der Waals surface area contributed by atoms with Gasteiger partial charge in [-0.15, -0.1) is 0 Å². The van der Waals surface area contributed by atoms with Crippen molar-refractivity contribution >= 4 is 17.8 Å². The van der Waals surface area contributed by atoms with Crippen molar-refractivity contribution in [1.82, 2.24) is 4.90 Å². The molecule has 7 heteroatoms. The van der Waals surface area contributed by atoms with Crippen molar-refractivity contribution in [3.05, 3.63) is 30.3 Å². The fourth-order valence-corrected chi connectivity index (χ4v) is 2.69. The lowest BCUT2D eigenvalue weighted by atomic mass is 9.96. The SMILES string of the molecule is CC[C@H](Oc1ccccc1)C(=O)OCC(=O)N1CCC(C(N)=O)CC1. The predicted molar refractivity (Wildman–Crippen MR) is 90.6 cm³/mol. The number of ether oxygens (including phenoxy) is 2. The molecule has 2 N–H and O–H groups in total. The third-order valence-electron chi connectivity index (χ3n) is 4.24. The fraction of sp³-hybridized carbons (Fsp3) is 0.500. The van der Waals surface area contributed by atoms with Crippen LogP contribution >= 0.6 is 0 Å². The highest BCUT2D eigenvalue weighted by Crippen LogP contribution is 2.17. The molecule has 2 rings (SSSR count). The lowest BCUT2D eigenvalue weighted by molar-refractivity contribution is -0.158. The second-order valence-corrected chi connectivity index (χ2v) is 5.99. The number of amides is 2. The summed E-state index contributed by atoms with van der Waals surface area (Å²) in [4.78, 5) is 37.0. The monoisotopic (exact) mass is 348 g/mol. The molecule has 0 spiro atoms. The second kappa shape index (κ2) is 9.05. The first-order chi connectivity index (χ1) is 12.0. The van der Waals surface area contributed by atoms with Crippen LogP contribution in [0.3, 0.4) is 0 Å². The van der Waals surface area contributed by atoms with Crippen LogP contribution in [0.2, 0.25) is 0 Å². The predicted octanol–water partition coefficient (Wildman–Crippen LogP) is 1.11. The molecule has 1 aromatic rings. The highest BCUT2D eigenvalue weighted by atomic mass is 16.6. The minimum atomic E-state index is -0.754. The summed E-state index contributed by atoms with van der Waals surface area (Å²) in [6, 6.07) is 8.99. The molecule has 1 atom stereocenters. The van der Waals surface area contributed by atoms with E-state index in [9.17, 15) is 14.4 Å². The first-order valence-corrected chi connectivity index (χ1v) is 8.46. The van der Waals surface area contributed by atoms with Gasteiger partial charge in [0.25, 0.3) is 5.91 Å². The zero-order valence-corrected chi connectivity index (χ0v) is 14.3. The Morgan fingerprint density at radius 2 is 1.84 bits per heavy atom. The standard InChI is InChI=1S/C18H24N2O5/c1-2-15(25-14-6-4-3-5-7-14)18(23)24-12-16(21)20-10-8-13(9-11-20)17(19)22/h3-7,13,15H,2,8-12H2,1H3,(H2,19,22)/t15-/m0/s1. The normalized spacial score (nSPS) is 16.1. The largest absolute Gasteiger partial charge is 0.479 e. The van der Waals surface area contributed by atoms with Crippen LogP contribution in [0.4, 0.5) is 0 Å². The summed E-state index contributed by atoms with van der Waals surface area (Å²) < 4.78 is 10.7. The van der Waals surface area contributed by atoms with Gasteiger partial charge in [0.05, 0.1) is 0 Å². The number of hydrogen-bond acceptors (Lipinski definition) is 5. The summed E-state index contributed by atoms with van der Waals surface area (Å²) in [7, 11) is 0. The lowest BCUT2D eigenvalue weighted by Gasteiger charge is -2.30. The van der Waals surface area contributed by atoms with Crippen LogP contribution in [0.25, 0.3) is 0 Å². The molecular weight excluding hydrogens is 324 g/mol. The van der Waals surface area contributed by atoms with Crippen molar-refractivity contribution in [2.45, 2.75) is 32.3 Å². The zero-order chi connectivity index (χ0) is 18.2. The zero-order valence-electron chi connectivity index (χ0n) is 14.3. The van der Waals surface area contributed by atoms with E-state index in [1.54, 1.807) is 17.0 Å². The molecule has 136 valence electrons. The maximum absolute atomic E-state index is 12.1. The average molecular weight is 348 g/mol. The van der Waals surface area contributed by atoms with E-state index in [-0.39, 0.29) is 24.3 Å². The first kappa shape index (κ1) is 18.8. The molecule has 1 heterocycles. The number of benzene rings is 1. The molecule has 0 bridgehead atoms. The van der Waals surface area contributed by atoms with Crippen LogP contribution in [0.1, 0.15) is 26.2 Å². The number of rotatable bonds is 7. The molecular formula is C18H24N2O5. The van der Waals surface area contributed by atoms with Crippen molar-refractivity contribution in [2.75, 3.05) is 19.7 Å². The van der Waals surface area contributed by atoms with Crippen LogP contribution in [0.15, 0.2) is 30.3 Å². The Balaban J connectivity index is 1.78. The molecule has 0 saturated carbocycles. The van der Waals surface area contributed by atoms with Crippen molar-refractivity contribution in [3.63, 3.8) is 0 Å². The molecule has 7 nitrogen and oxygen atoms in total. The summed E-state index contributed by atoms with van der Waals surface area (Å²) in [6.07, 6.45) is 0.773.